The molecule has 0 radical (unpaired) electrons. The number of aliphatic imine (C=N–C) groups is 1. The van der Waals surface area contributed by atoms with Crippen molar-refractivity contribution in [3.63, 3.8) is 0 Å². The largest absolute Gasteiger partial charge is 0.301 e. The lowest BCUT2D eigenvalue weighted by Gasteiger charge is -2.29. The molecule has 0 fully saturated rings. The first-order valence-corrected chi connectivity index (χ1v) is 12.3. The first-order chi connectivity index (χ1) is 16.8. The molecule has 9 nitrogen and oxygen atoms in total. The van der Waals surface area contributed by atoms with E-state index in [0.717, 1.165) is 22.0 Å². The van der Waals surface area contributed by atoms with Crippen LogP contribution in [0.15, 0.2) is 64.1 Å². The molecule has 1 aliphatic heterocycles. The van der Waals surface area contributed by atoms with Crippen LogP contribution >= 0.6 is 23.1 Å². The molecule has 11 heteroatoms. The number of amides is 1. The average Bonchev–Trinajstić information content (AvgIpc) is 3.24. The summed E-state index contributed by atoms with van der Waals surface area (Å²) in [6.07, 6.45) is 0. The Bertz CT molecular complexity index is 1420. The van der Waals surface area contributed by atoms with E-state index in [1.165, 1.54) is 30.4 Å². The van der Waals surface area contributed by atoms with Gasteiger partial charge < -0.3 is 5.32 Å². The van der Waals surface area contributed by atoms with E-state index in [0.29, 0.717) is 10.8 Å². The van der Waals surface area contributed by atoms with E-state index in [2.05, 4.69) is 21.4 Å². The maximum Gasteiger partial charge on any atom is 0.273 e. The number of nitro groups is 1. The van der Waals surface area contributed by atoms with Gasteiger partial charge in [0.1, 0.15) is 10.8 Å². The van der Waals surface area contributed by atoms with E-state index in [9.17, 15) is 25.0 Å². The lowest BCUT2D eigenvalue weighted by atomic mass is 9.75. The van der Waals surface area contributed by atoms with Gasteiger partial charge in [0.05, 0.1) is 38.5 Å². The third kappa shape index (κ3) is 4.99. The Balaban J connectivity index is 1.63. The number of hydrogen-bond acceptors (Lipinski definition) is 9. The normalized spacial score (nSPS) is 17.6. The SMILES string of the molecule is CC(=O)C1C(C)=NC(SCC(=O)Nc2nc3ccccc3s2)=C(C#N)[C@@H]1c1ccccc1[N+](=O)[O-]. The third-order valence-corrected chi connectivity index (χ3v) is 7.45. The Labute approximate surface area is 208 Å². The van der Waals surface area contributed by atoms with Crippen molar-refractivity contribution in [3.8, 4) is 6.07 Å². The second-order valence-electron chi connectivity index (χ2n) is 7.79. The molecular formula is C24H19N5O4S2. The van der Waals surface area contributed by atoms with Crippen LogP contribution in [0.4, 0.5) is 10.8 Å². The Morgan fingerprint density at radius 2 is 1.94 bits per heavy atom. The van der Waals surface area contributed by atoms with E-state index in [-0.39, 0.29) is 39.3 Å². The first-order valence-electron chi connectivity index (χ1n) is 10.5. The van der Waals surface area contributed by atoms with Crippen LogP contribution in [0.5, 0.6) is 0 Å². The molecular weight excluding hydrogens is 486 g/mol. The molecule has 0 saturated carbocycles. The van der Waals surface area contributed by atoms with Crippen LogP contribution < -0.4 is 5.32 Å². The molecule has 1 aromatic heterocycles. The molecule has 2 aromatic carbocycles. The summed E-state index contributed by atoms with van der Waals surface area (Å²) >= 11 is 2.40. The number of rotatable bonds is 7. The molecule has 0 bridgehead atoms. The molecule has 35 heavy (non-hydrogen) atoms. The van der Waals surface area contributed by atoms with Gasteiger partial charge in [0.25, 0.3) is 5.69 Å². The van der Waals surface area contributed by atoms with E-state index < -0.39 is 16.8 Å². The molecule has 176 valence electrons. The minimum absolute atomic E-state index is 0.0540. The number of carbonyl (C=O) groups is 2. The predicted molar refractivity (Wildman–Crippen MR) is 136 cm³/mol. The van der Waals surface area contributed by atoms with Crippen molar-refractivity contribution >= 4 is 61.5 Å². The summed E-state index contributed by atoms with van der Waals surface area (Å²) in [6, 6.07) is 15.7. The number of thioether (sulfide) groups is 1. The number of hydrogen-bond donors (Lipinski definition) is 1. The van der Waals surface area contributed by atoms with E-state index in [4.69, 9.17) is 0 Å². The second-order valence-corrected chi connectivity index (χ2v) is 9.78. The lowest BCUT2D eigenvalue weighted by molar-refractivity contribution is -0.385. The molecule has 1 amide bonds. The zero-order valence-electron chi connectivity index (χ0n) is 18.7. The predicted octanol–water partition coefficient (Wildman–Crippen LogP) is 5.07. The second kappa shape index (κ2) is 10.2. The maximum atomic E-state index is 12.6. The number of carbonyl (C=O) groups excluding carboxylic acids is 2. The minimum atomic E-state index is -0.869. The number of aromatic nitrogens is 1. The molecule has 3 aromatic rings. The summed E-state index contributed by atoms with van der Waals surface area (Å²) in [4.78, 5) is 45.1. The van der Waals surface area contributed by atoms with Crippen molar-refractivity contribution in [3.05, 3.63) is 74.8 Å². The van der Waals surface area contributed by atoms with Crippen molar-refractivity contribution in [2.75, 3.05) is 11.1 Å². The minimum Gasteiger partial charge on any atom is -0.301 e. The summed E-state index contributed by atoms with van der Waals surface area (Å²) < 4.78 is 0.944. The number of ketones is 1. The van der Waals surface area contributed by atoms with Crippen LogP contribution in [0.2, 0.25) is 0 Å². The monoisotopic (exact) mass is 505 g/mol. The van der Waals surface area contributed by atoms with Crippen LogP contribution in [-0.4, -0.2) is 33.1 Å². The maximum absolute atomic E-state index is 12.6. The number of para-hydroxylation sites is 2. The zero-order chi connectivity index (χ0) is 25.1. The number of Topliss-reactive ketones (excluding diaryl/α,β-unsaturated/α-hetero) is 1. The van der Waals surface area contributed by atoms with E-state index >= 15 is 0 Å². The standard InChI is InChI=1S/C24H19N5O4S2/c1-13-21(14(2)30)22(15-7-3-5-9-18(15)29(32)33)16(11-25)23(26-13)34-12-20(31)28-24-27-17-8-4-6-10-19(17)35-24/h3-10,21-22H,12H2,1-2H3,(H,27,28,31)/t21?,22-/m0/s1. The molecule has 4 rings (SSSR count). The number of fused-ring (bicyclic) bond motifs is 1. The molecule has 0 spiro atoms. The van der Waals surface area contributed by atoms with Gasteiger partial charge in [-0.3, -0.25) is 19.7 Å². The average molecular weight is 506 g/mol. The summed E-state index contributed by atoms with van der Waals surface area (Å²) in [5.74, 6) is -2.32. The number of allylic oxidation sites excluding steroid dienone is 1. The van der Waals surface area contributed by atoms with Crippen LogP contribution in [0.3, 0.4) is 0 Å². The summed E-state index contributed by atoms with van der Waals surface area (Å²) in [5.41, 5.74) is 1.44. The lowest BCUT2D eigenvalue weighted by Crippen LogP contribution is -2.32. The smallest absolute Gasteiger partial charge is 0.273 e. The van der Waals surface area contributed by atoms with Crippen LogP contribution in [-0.2, 0) is 9.59 Å². The van der Waals surface area contributed by atoms with Crippen LogP contribution in [0.1, 0.15) is 25.3 Å². The topological polar surface area (TPSA) is 138 Å². The number of nitrogens with zero attached hydrogens (tertiary/aromatic N) is 4. The van der Waals surface area contributed by atoms with E-state index in [1.807, 2.05) is 24.3 Å². The molecule has 2 heterocycles. The fraction of sp³-hybridized carbons (Fsp3) is 0.208. The summed E-state index contributed by atoms with van der Waals surface area (Å²) in [5, 5.41) is 25.2. The van der Waals surface area contributed by atoms with Crippen LogP contribution in [0.25, 0.3) is 10.2 Å². The third-order valence-electron chi connectivity index (χ3n) is 5.51. The number of nitriles is 1. The van der Waals surface area contributed by atoms with Crippen molar-refractivity contribution in [2.45, 2.75) is 19.8 Å². The van der Waals surface area contributed by atoms with Gasteiger partial charge in [-0.05, 0) is 26.0 Å². The fourth-order valence-electron chi connectivity index (χ4n) is 4.05. The van der Waals surface area contributed by atoms with Gasteiger partial charge in [-0.2, -0.15) is 5.26 Å². The van der Waals surface area contributed by atoms with Crippen molar-refractivity contribution < 1.29 is 14.5 Å². The number of nitrogens with one attached hydrogen (secondary N) is 1. The van der Waals surface area contributed by atoms with Gasteiger partial charge in [0.2, 0.25) is 5.91 Å². The van der Waals surface area contributed by atoms with Gasteiger partial charge in [-0.25, -0.2) is 9.98 Å². The number of nitro benzene ring substituents is 1. The molecule has 0 saturated heterocycles. The number of benzene rings is 2. The number of thiazole rings is 1. The van der Waals surface area contributed by atoms with Gasteiger partial charge in [-0.15, -0.1) is 0 Å². The highest BCUT2D eigenvalue weighted by Gasteiger charge is 2.40. The highest BCUT2D eigenvalue weighted by atomic mass is 32.2. The Hall–Kier alpha value is -3.88. The Kier molecular flexibility index (Phi) is 7.04. The Morgan fingerprint density at radius 3 is 2.63 bits per heavy atom. The van der Waals surface area contributed by atoms with Crippen LogP contribution in [0, 0.1) is 27.4 Å². The molecule has 1 unspecified atom stereocenters. The van der Waals surface area contributed by atoms with Gasteiger partial charge >= 0.3 is 0 Å². The molecule has 0 aliphatic carbocycles. The van der Waals surface area contributed by atoms with Crippen molar-refractivity contribution in [1.82, 2.24) is 4.98 Å². The quantitative estimate of drug-likeness (QED) is 0.349. The fourth-order valence-corrected chi connectivity index (χ4v) is 5.81. The highest BCUT2D eigenvalue weighted by molar-refractivity contribution is 8.03. The zero-order valence-corrected chi connectivity index (χ0v) is 20.4. The number of anilines is 1. The van der Waals surface area contributed by atoms with E-state index in [1.54, 1.807) is 19.1 Å². The molecule has 2 atom stereocenters. The van der Waals surface area contributed by atoms with Gasteiger partial charge in [-0.1, -0.05) is 53.4 Å². The van der Waals surface area contributed by atoms with Crippen molar-refractivity contribution in [2.24, 2.45) is 10.9 Å². The Morgan fingerprint density at radius 1 is 1.23 bits per heavy atom. The summed E-state index contributed by atoms with van der Waals surface area (Å²) in [7, 11) is 0. The molecule has 1 N–H and O–H groups in total. The summed E-state index contributed by atoms with van der Waals surface area (Å²) in [6.45, 7) is 3.04. The first kappa shape index (κ1) is 24.3. The highest BCUT2D eigenvalue weighted by Crippen LogP contribution is 2.44. The van der Waals surface area contributed by atoms with Crippen molar-refractivity contribution in [1.29, 1.82) is 5.26 Å². The van der Waals surface area contributed by atoms with Gasteiger partial charge in [0.15, 0.2) is 5.13 Å². The van der Waals surface area contributed by atoms with Gasteiger partial charge in [0, 0.05) is 23.3 Å². The molecule has 1 aliphatic rings.